The van der Waals surface area contributed by atoms with Crippen LogP contribution in [0.5, 0.6) is 0 Å². The summed E-state index contributed by atoms with van der Waals surface area (Å²) in [6, 6.07) is 10.2. The highest BCUT2D eigenvalue weighted by atomic mass is 16.2. The number of imide groups is 2. The zero-order chi connectivity index (χ0) is 19.5. The Balaban J connectivity index is 1.65. The van der Waals surface area contributed by atoms with Gasteiger partial charge in [-0.05, 0) is 55.7 Å². The number of carbonyl (C=O) groups is 4. The average Bonchev–Trinajstić information content (AvgIpc) is 3.01. The molecule has 0 aliphatic carbocycles. The van der Waals surface area contributed by atoms with E-state index in [0.717, 1.165) is 16.0 Å². The zero-order valence-corrected chi connectivity index (χ0v) is 15.3. The number of fused-ring (bicyclic) bond motifs is 2. The van der Waals surface area contributed by atoms with Gasteiger partial charge in [-0.3, -0.25) is 29.0 Å². The first-order valence-corrected chi connectivity index (χ1v) is 8.75. The summed E-state index contributed by atoms with van der Waals surface area (Å²) in [5, 5.41) is 0. The number of carbonyl (C=O) groups excluding carboxylic acids is 4. The highest BCUT2D eigenvalue weighted by Crippen LogP contribution is 2.28. The third kappa shape index (κ3) is 2.48. The van der Waals surface area contributed by atoms with E-state index < -0.39 is 0 Å². The molecule has 6 heteroatoms. The molecule has 4 amide bonds. The predicted molar refractivity (Wildman–Crippen MR) is 97.8 cm³/mol. The molecule has 0 aromatic heterocycles. The lowest BCUT2D eigenvalue weighted by atomic mass is 9.98. The van der Waals surface area contributed by atoms with Crippen molar-refractivity contribution >= 4 is 23.6 Å². The van der Waals surface area contributed by atoms with E-state index in [9.17, 15) is 19.2 Å². The molecule has 2 heterocycles. The van der Waals surface area contributed by atoms with Gasteiger partial charge in [0.25, 0.3) is 23.6 Å². The van der Waals surface area contributed by atoms with Gasteiger partial charge < -0.3 is 0 Å². The Kier molecular flexibility index (Phi) is 3.73. The topological polar surface area (TPSA) is 74.8 Å². The second-order valence-corrected chi connectivity index (χ2v) is 7.18. The van der Waals surface area contributed by atoms with Crippen molar-refractivity contribution in [3.63, 3.8) is 0 Å². The average molecular weight is 362 g/mol. The molecule has 136 valence electrons. The quantitative estimate of drug-likeness (QED) is 0.787. The number of benzene rings is 2. The van der Waals surface area contributed by atoms with E-state index in [4.69, 9.17) is 0 Å². The van der Waals surface area contributed by atoms with Crippen molar-refractivity contribution in [2.24, 2.45) is 0 Å². The van der Waals surface area contributed by atoms with Crippen molar-refractivity contribution in [3.05, 3.63) is 69.8 Å². The molecule has 0 saturated heterocycles. The molecule has 0 N–H and O–H groups in total. The second kappa shape index (κ2) is 5.87. The van der Waals surface area contributed by atoms with Crippen molar-refractivity contribution in [1.29, 1.82) is 0 Å². The van der Waals surface area contributed by atoms with Gasteiger partial charge in [0, 0.05) is 13.1 Å². The summed E-state index contributed by atoms with van der Waals surface area (Å²) in [4.78, 5) is 51.4. The fourth-order valence-electron chi connectivity index (χ4n) is 3.64. The molecule has 0 radical (unpaired) electrons. The molecule has 2 aromatic carbocycles. The van der Waals surface area contributed by atoms with E-state index in [2.05, 4.69) is 0 Å². The van der Waals surface area contributed by atoms with Crippen LogP contribution in [0.3, 0.4) is 0 Å². The van der Waals surface area contributed by atoms with Crippen LogP contribution >= 0.6 is 0 Å². The van der Waals surface area contributed by atoms with Crippen LogP contribution in [0.25, 0.3) is 0 Å². The van der Waals surface area contributed by atoms with Crippen LogP contribution in [0, 0.1) is 0 Å². The standard InChI is InChI=1S/C21H18N2O4/c1-11(2)23-20(26)15-7-5-13(10-17(15)21(23)27)8-12-4-6-14-16(9-12)19(25)22(3)18(14)24/h4-7,9-11H,8H2,1-3H3. The Morgan fingerprint density at radius 2 is 1.15 bits per heavy atom. The Labute approximate surface area is 156 Å². The molecule has 0 saturated carbocycles. The maximum atomic E-state index is 12.5. The van der Waals surface area contributed by atoms with Crippen LogP contribution in [-0.2, 0) is 6.42 Å². The van der Waals surface area contributed by atoms with Gasteiger partial charge in [-0.1, -0.05) is 12.1 Å². The SMILES string of the molecule is CC(C)N1C(=O)c2ccc(Cc3ccc4c(c3)C(=O)N(C)C4=O)cc2C1=O. The van der Waals surface area contributed by atoms with Crippen LogP contribution in [0.4, 0.5) is 0 Å². The number of hydrogen-bond acceptors (Lipinski definition) is 4. The van der Waals surface area contributed by atoms with Crippen molar-refractivity contribution in [1.82, 2.24) is 9.80 Å². The molecule has 0 unspecified atom stereocenters. The molecule has 27 heavy (non-hydrogen) atoms. The summed E-state index contributed by atoms with van der Waals surface area (Å²) < 4.78 is 0. The summed E-state index contributed by atoms with van der Waals surface area (Å²) in [6.07, 6.45) is 0.495. The number of nitrogens with zero attached hydrogens (tertiary/aromatic N) is 2. The molecule has 0 atom stereocenters. The third-order valence-corrected chi connectivity index (χ3v) is 5.06. The van der Waals surface area contributed by atoms with E-state index in [-0.39, 0.29) is 29.7 Å². The van der Waals surface area contributed by atoms with Gasteiger partial charge >= 0.3 is 0 Å². The maximum absolute atomic E-state index is 12.5. The van der Waals surface area contributed by atoms with Gasteiger partial charge in [-0.15, -0.1) is 0 Å². The van der Waals surface area contributed by atoms with Crippen molar-refractivity contribution < 1.29 is 19.2 Å². The minimum Gasteiger partial charge on any atom is -0.277 e. The molecule has 0 spiro atoms. The summed E-state index contributed by atoms with van der Waals surface area (Å²) in [5.74, 6) is -1.14. The molecule has 0 bridgehead atoms. The number of hydrogen-bond donors (Lipinski definition) is 0. The molecular weight excluding hydrogens is 344 g/mol. The monoisotopic (exact) mass is 362 g/mol. The van der Waals surface area contributed by atoms with Gasteiger partial charge in [0.1, 0.15) is 0 Å². The summed E-state index contributed by atoms with van der Waals surface area (Å²) in [5.41, 5.74) is 3.38. The second-order valence-electron chi connectivity index (χ2n) is 7.18. The first-order valence-electron chi connectivity index (χ1n) is 8.75. The molecule has 4 rings (SSSR count). The third-order valence-electron chi connectivity index (χ3n) is 5.06. The van der Waals surface area contributed by atoms with Gasteiger partial charge in [0.15, 0.2) is 0 Å². The fourth-order valence-corrected chi connectivity index (χ4v) is 3.64. The molecule has 2 aliphatic heterocycles. The lowest BCUT2D eigenvalue weighted by Gasteiger charge is -2.17. The Morgan fingerprint density at radius 3 is 1.70 bits per heavy atom. The molecule has 0 fully saturated rings. The Morgan fingerprint density at radius 1 is 0.704 bits per heavy atom. The normalized spacial score (nSPS) is 15.9. The van der Waals surface area contributed by atoms with Crippen molar-refractivity contribution in [2.45, 2.75) is 26.3 Å². The molecule has 2 aromatic rings. The smallest absolute Gasteiger partial charge is 0.261 e. The summed E-state index contributed by atoms with van der Waals surface area (Å²) in [6.45, 7) is 3.62. The summed E-state index contributed by atoms with van der Waals surface area (Å²) in [7, 11) is 1.47. The maximum Gasteiger partial charge on any atom is 0.261 e. The van der Waals surface area contributed by atoms with Crippen LogP contribution in [0.1, 0.15) is 66.4 Å². The first-order chi connectivity index (χ1) is 12.8. The minimum absolute atomic E-state index is 0.196. The van der Waals surface area contributed by atoms with Crippen LogP contribution < -0.4 is 0 Å². The van der Waals surface area contributed by atoms with Crippen molar-refractivity contribution in [3.8, 4) is 0 Å². The van der Waals surface area contributed by atoms with Crippen molar-refractivity contribution in [2.75, 3.05) is 7.05 Å². The largest absolute Gasteiger partial charge is 0.277 e. The van der Waals surface area contributed by atoms with E-state index in [1.807, 2.05) is 26.0 Å². The zero-order valence-electron chi connectivity index (χ0n) is 15.3. The van der Waals surface area contributed by atoms with Gasteiger partial charge in [0.2, 0.25) is 0 Å². The van der Waals surface area contributed by atoms with E-state index in [1.54, 1.807) is 24.3 Å². The number of amides is 4. The highest BCUT2D eigenvalue weighted by Gasteiger charge is 2.37. The predicted octanol–water partition coefficient (Wildman–Crippen LogP) is 2.51. The number of rotatable bonds is 3. The lowest BCUT2D eigenvalue weighted by Crippen LogP contribution is -2.35. The van der Waals surface area contributed by atoms with Crippen LogP contribution in [0.15, 0.2) is 36.4 Å². The molecule has 2 aliphatic rings. The Bertz CT molecular complexity index is 1040. The first kappa shape index (κ1) is 17.1. The molecule has 6 nitrogen and oxygen atoms in total. The van der Waals surface area contributed by atoms with Crippen LogP contribution in [-0.4, -0.2) is 46.5 Å². The van der Waals surface area contributed by atoms with E-state index in [1.165, 1.54) is 11.9 Å². The van der Waals surface area contributed by atoms with Crippen LogP contribution in [0.2, 0.25) is 0 Å². The molecular formula is C21H18N2O4. The Hall–Kier alpha value is -3.28. The highest BCUT2D eigenvalue weighted by molar-refractivity contribution is 6.22. The van der Waals surface area contributed by atoms with E-state index >= 15 is 0 Å². The fraction of sp³-hybridized carbons (Fsp3) is 0.238. The van der Waals surface area contributed by atoms with Gasteiger partial charge in [-0.25, -0.2) is 0 Å². The van der Waals surface area contributed by atoms with E-state index in [0.29, 0.717) is 28.7 Å². The summed E-state index contributed by atoms with van der Waals surface area (Å²) >= 11 is 0. The minimum atomic E-state index is -0.306. The van der Waals surface area contributed by atoms with Gasteiger partial charge in [-0.2, -0.15) is 0 Å². The van der Waals surface area contributed by atoms with Gasteiger partial charge in [0.05, 0.1) is 22.3 Å². The lowest BCUT2D eigenvalue weighted by molar-refractivity contribution is 0.0606.